The van der Waals surface area contributed by atoms with Crippen LogP contribution in [0.15, 0.2) is 0 Å². The molecule has 0 bridgehead atoms. The molecule has 1 heterocycles. The summed E-state index contributed by atoms with van der Waals surface area (Å²) in [5.41, 5.74) is 0. The van der Waals surface area contributed by atoms with E-state index < -0.39 is 26.4 Å². The van der Waals surface area contributed by atoms with Crippen molar-refractivity contribution in [2.24, 2.45) is 0 Å². The molecule has 1 saturated heterocycles. The predicted molar refractivity (Wildman–Crippen MR) is 86.2 cm³/mol. The number of methoxy groups -OCH3 is 2. The molecule has 1 rings (SSSR count). The zero-order valence-electron chi connectivity index (χ0n) is 14.8. The van der Waals surface area contributed by atoms with E-state index >= 15 is 0 Å². The van der Waals surface area contributed by atoms with E-state index in [0.717, 1.165) is 6.42 Å². The fourth-order valence-electron chi connectivity index (χ4n) is 2.33. The Balaban J connectivity index is 2.84. The summed E-state index contributed by atoms with van der Waals surface area (Å²) in [6, 6.07) is -0.586. The van der Waals surface area contributed by atoms with Crippen molar-refractivity contribution in [3.05, 3.63) is 0 Å². The molecule has 0 aromatic rings. The van der Waals surface area contributed by atoms with Gasteiger partial charge in [0.1, 0.15) is 6.04 Å². The van der Waals surface area contributed by atoms with Crippen molar-refractivity contribution in [3.63, 3.8) is 0 Å². The molecule has 1 amide bonds. The van der Waals surface area contributed by atoms with Gasteiger partial charge in [0.25, 0.3) is 0 Å². The predicted octanol–water partition coefficient (Wildman–Crippen LogP) is 2.78. The van der Waals surface area contributed by atoms with Crippen LogP contribution < -0.4 is 0 Å². The van der Waals surface area contributed by atoms with Crippen molar-refractivity contribution in [2.75, 3.05) is 20.8 Å². The molecule has 1 aliphatic heterocycles. The molecular formula is C15H29NO5Si. The minimum atomic E-state index is -1.92. The highest BCUT2D eigenvalue weighted by atomic mass is 28.4. The minimum Gasteiger partial charge on any atom is -0.467 e. The van der Waals surface area contributed by atoms with E-state index in [1.165, 1.54) is 19.1 Å². The first kappa shape index (κ1) is 19.0. The summed E-state index contributed by atoms with van der Waals surface area (Å²) in [5, 5.41) is 0.0995. The summed E-state index contributed by atoms with van der Waals surface area (Å²) in [6.07, 6.45) is 0.681. The topological polar surface area (TPSA) is 65.1 Å². The quantitative estimate of drug-likeness (QED) is 0.588. The molecule has 0 aromatic heterocycles. The second-order valence-corrected chi connectivity index (χ2v) is 12.0. The number of hydrogen-bond acceptors (Lipinski definition) is 5. The Hall–Kier alpha value is -1.08. The van der Waals surface area contributed by atoms with Crippen molar-refractivity contribution in [3.8, 4) is 0 Å². The van der Waals surface area contributed by atoms with Gasteiger partial charge in [0.15, 0.2) is 8.32 Å². The van der Waals surface area contributed by atoms with Crippen LogP contribution in [0.1, 0.15) is 33.6 Å². The number of piperidine rings is 1. The lowest BCUT2D eigenvalue weighted by atomic mass is 10.0. The molecular weight excluding hydrogens is 302 g/mol. The second-order valence-electron chi connectivity index (χ2n) is 7.24. The molecule has 6 nitrogen and oxygen atoms in total. The fourth-order valence-corrected chi connectivity index (χ4v) is 3.71. The molecule has 22 heavy (non-hydrogen) atoms. The molecule has 2 atom stereocenters. The van der Waals surface area contributed by atoms with Gasteiger partial charge in [-0.2, -0.15) is 0 Å². The number of carbonyl (C=O) groups excluding carboxylic acids is 2. The van der Waals surface area contributed by atoms with E-state index in [2.05, 4.69) is 33.9 Å². The zero-order chi connectivity index (χ0) is 17.1. The van der Waals surface area contributed by atoms with Gasteiger partial charge in [-0.1, -0.05) is 20.8 Å². The van der Waals surface area contributed by atoms with Crippen LogP contribution in [-0.2, 0) is 18.7 Å². The normalized spacial score (nSPS) is 23.1. The lowest BCUT2D eigenvalue weighted by Crippen LogP contribution is -2.55. The average Bonchev–Trinajstić information content (AvgIpc) is 2.43. The largest absolute Gasteiger partial charge is 0.467 e. The van der Waals surface area contributed by atoms with E-state index in [9.17, 15) is 9.59 Å². The average molecular weight is 331 g/mol. The van der Waals surface area contributed by atoms with Crippen LogP contribution in [0.2, 0.25) is 18.1 Å². The molecule has 0 unspecified atom stereocenters. The molecule has 0 saturated carbocycles. The van der Waals surface area contributed by atoms with Crippen molar-refractivity contribution in [1.82, 2.24) is 4.90 Å². The summed E-state index contributed by atoms with van der Waals surface area (Å²) in [4.78, 5) is 25.2. The first-order valence-electron chi connectivity index (χ1n) is 7.63. The van der Waals surface area contributed by atoms with Gasteiger partial charge in [-0.3, -0.25) is 4.90 Å². The third-order valence-electron chi connectivity index (χ3n) is 4.69. The first-order valence-corrected chi connectivity index (χ1v) is 10.5. The maximum absolute atomic E-state index is 12.0. The van der Waals surface area contributed by atoms with Crippen LogP contribution >= 0.6 is 0 Å². The van der Waals surface area contributed by atoms with Crippen LogP contribution in [0.25, 0.3) is 0 Å². The van der Waals surface area contributed by atoms with E-state index in [4.69, 9.17) is 13.9 Å². The second kappa shape index (κ2) is 7.00. The standard InChI is InChI=1S/C15H29NO5Si/c1-15(2,3)22(6,7)21-11-8-9-12(13(17)19-4)16(10-11)14(18)20-5/h11-12H,8-10H2,1-7H3/t11-,12-/m0/s1. The van der Waals surface area contributed by atoms with E-state index in [1.54, 1.807) is 0 Å². The Morgan fingerprint density at radius 2 is 1.68 bits per heavy atom. The summed E-state index contributed by atoms with van der Waals surface area (Å²) < 4.78 is 15.9. The fraction of sp³-hybridized carbons (Fsp3) is 0.867. The molecule has 0 aliphatic carbocycles. The first-order chi connectivity index (χ1) is 10.0. The highest BCUT2D eigenvalue weighted by Crippen LogP contribution is 2.38. The number of nitrogens with zero attached hydrogens (tertiary/aromatic N) is 1. The van der Waals surface area contributed by atoms with E-state index in [-0.39, 0.29) is 11.1 Å². The number of carbonyl (C=O) groups is 2. The van der Waals surface area contributed by atoms with Crippen LogP contribution in [0, 0.1) is 0 Å². The number of hydrogen-bond donors (Lipinski definition) is 0. The number of esters is 1. The van der Waals surface area contributed by atoms with Gasteiger partial charge in [0.2, 0.25) is 0 Å². The van der Waals surface area contributed by atoms with Gasteiger partial charge in [0.05, 0.1) is 20.3 Å². The van der Waals surface area contributed by atoms with Gasteiger partial charge in [-0.05, 0) is 31.0 Å². The smallest absolute Gasteiger partial charge is 0.410 e. The Bertz CT molecular complexity index is 419. The van der Waals surface area contributed by atoms with Crippen LogP contribution in [0.5, 0.6) is 0 Å². The highest BCUT2D eigenvalue weighted by molar-refractivity contribution is 6.74. The summed E-state index contributed by atoms with van der Waals surface area (Å²) in [5.74, 6) is -0.406. The molecule has 0 aromatic carbocycles. The van der Waals surface area contributed by atoms with Crippen LogP contribution in [0.3, 0.4) is 0 Å². The van der Waals surface area contributed by atoms with Crippen molar-refractivity contribution in [1.29, 1.82) is 0 Å². The zero-order valence-corrected chi connectivity index (χ0v) is 15.8. The molecule has 1 fully saturated rings. The molecule has 0 N–H and O–H groups in total. The Labute approximate surface area is 134 Å². The summed E-state index contributed by atoms with van der Waals surface area (Å²) in [7, 11) is 0.725. The van der Waals surface area contributed by atoms with E-state index in [0.29, 0.717) is 13.0 Å². The maximum Gasteiger partial charge on any atom is 0.410 e. The van der Waals surface area contributed by atoms with Crippen molar-refractivity contribution < 1.29 is 23.5 Å². The Morgan fingerprint density at radius 3 is 2.14 bits per heavy atom. The SMILES string of the molecule is COC(=O)[C@@H]1CC[C@H](O[Si](C)(C)C(C)(C)C)CN1C(=O)OC. The summed E-state index contributed by atoms with van der Waals surface area (Å²) >= 11 is 0. The van der Waals surface area contributed by atoms with Gasteiger partial charge in [-0.25, -0.2) is 9.59 Å². The molecule has 0 radical (unpaired) electrons. The molecule has 7 heteroatoms. The lowest BCUT2D eigenvalue weighted by molar-refractivity contribution is -0.148. The third-order valence-corrected chi connectivity index (χ3v) is 9.22. The maximum atomic E-state index is 12.0. The molecule has 0 spiro atoms. The van der Waals surface area contributed by atoms with E-state index in [1.807, 2.05) is 0 Å². The summed E-state index contributed by atoms with van der Waals surface area (Å²) in [6.45, 7) is 11.3. The Kier molecular flexibility index (Phi) is 6.03. The minimum absolute atomic E-state index is 0.0686. The molecule has 128 valence electrons. The lowest BCUT2D eigenvalue weighted by Gasteiger charge is -2.43. The van der Waals surface area contributed by atoms with Crippen LogP contribution in [-0.4, -0.2) is 58.2 Å². The number of likely N-dealkylation sites (tertiary alicyclic amines) is 1. The van der Waals surface area contributed by atoms with Gasteiger partial charge >= 0.3 is 12.1 Å². The Morgan fingerprint density at radius 1 is 1.09 bits per heavy atom. The number of rotatable bonds is 3. The highest BCUT2D eigenvalue weighted by Gasteiger charge is 2.43. The van der Waals surface area contributed by atoms with Crippen molar-refractivity contribution in [2.45, 2.75) is 63.9 Å². The van der Waals surface area contributed by atoms with Gasteiger partial charge in [0, 0.05) is 6.54 Å². The van der Waals surface area contributed by atoms with Crippen LogP contribution in [0.4, 0.5) is 4.79 Å². The monoisotopic (exact) mass is 331 g/mol. The van der Waals surface area contributed by atoms with Crippen molar-refractivity contribution >= 4 is 20.4 Å². The third kappa shape index (κ3) is 4.22. The molecule has 1 aliphatic rings. The van der Waals surface area contributed by atoms with Gasteiger partial charge < -0.3 is 13.9 Å². The van der Waals surface area contributed by atoms with Gasteiger partial charge in [-0.15, -0.1) is 0 Å². The number of amides is 1. The number of ether oxygens (including phenoxy) is 2.